The highest BCUT2D eigenvalue weighted by atomic mass is 35.5. The third kappa shape index (κ3) is 4.96. The normalized spacial score (nSPS) is 15.2. The zero-order valence-corrected chi connectivity index (χ0v) is 21.7. The molecule has 1 atom stereocenters. The molecule has 0 saturated carbocycles. The minimum Gasteiger partial charge on any atom is -0.486 e. The fourth-order valence-corrected chi connectivity index (χ4v) is 4.82. The number of hydrogen-bond donors (Lipinski definition) is 1. The van der Waals surface area contributed by atoms with E-state index in [0.717, 1.165) is 10.3 Å². The van der Waals surface area contributed by atoms with Gasteiger partial charge in [0.2, 0.25) is 5.95 Å². The van der Waals surface area contributed by atoms with Crippen molar-refractivity contribution in [2.45, 2.75) is 32.9 Å². The summed E-state index contributed by atoms with van der Waals surface area (Å²) in [6, 6.07) is 12.6. The number of benzene rings is 2. The van der Waals surface area contributed by atoms with Crippen LogP contribution in [0.5, 0.6) is 11.5 Å². The summed E-state index contributed by atoms with van der Waals surface area (Å²) < 4.78 is 12.3. The molecular formula is C27H29ClN4O5. The first-order chi connectivity index (χ1) is 17.9. The first-order valence-corrected chi connectivity index (χ1v) is 12.6. The minimum absolute atomic E-state index is 0.125. The number of fused-ring (bicyclic) bond motifs is 2. The van der Waals surface area contributed by atoms with E-state index in [2.05, 4.69) is 19.2 Å². The van der Waals surface area contributed by atoms with Crippen molar-refractivity contribution in [1.82, 2.24) is 14.6 Å². The van der Waals surface area contributed by atoms with E-state index in [1.165, 1.54) is 7.11 Å². The summed E-state index contributed by atoms with van der Waals surface area (Å²) in [6.45, 7) is 5.67. The molecule has 0 aliphatic carbocycles. The number of carbonyl (C=O) groups excluding carboxylic acids is 1. The Kier molecular flexibility index (Phi) is 6.97. The molecule has 0 spiro atoms. The number of hydrogen-bond acceptors (Lipinski definition) is 7. The lowest BCUT2D eigenvalue weighted by Gasteiger charge is -2.30. The molecule has 1 aromatic heterocycles. The summed E-state index contributed by atoms with van der Waals surface area (Å²) in [5.74, 6) is 1.51. The van der Waals surface area contributed by atoms with Gasteiger partial charge in [0.05, 0.1) is 23.8 Å². The van der Waals surface area contributed by atoms with Crippen molar-refractivity contribution in [3.8, 4) is 11.5 Å². The SMILES string of the molecule is COn1c(N[C@H](c2ccc(Cl)cc2)C(C)C)nc2c(c1=O)CN(C(=O)c1ccc3c(c1)OCCO3)CC2. The summed E-state index contributed by atoms with van der Waals surface area (Å²) in [6.07, 6.45) is 0.452. The van der Waals surface area contributed by atoms with Crippen LogP contribution in [0.25, 0.3) is 0 Å². The number of aromatic nitrogens is 2. The number of amides is 1. The van der Waals surface area contributed by atoms with E-state index in [4.69, 9.17) is 30.9 Å². The molecule has 0 unspecified atom stereocenters. The number of nitrogens with one attached hydrogen (secondary N) is 1. The molecule has 3 heterocycles. The van der Waals surface area contributed by atoms with Crippen molar-refractivity contribution >= 4 is 23.5 Å². The molecule has 1 amide bonds. The standard InChI is InChI=1S/C27H29ClN4O5/c1-16(2)24(17-4-7-19(28)8-5-17)30-27-29-21-10-11-31(15-20(21)26(34)32(27)35-3)25(33)18-6-9-22-23(14-18)37-13-12-36-22/h4-9,14,16,24H,10-13,15H2,1-3H3,(H,29,30)/t24-/m0/s1. The predicted molar refractivity (Wildman–Crippen MR) is 140 cm³/mol. The number of carbonyl (C=O) groups is 1. The summed E-state index contributed by atoms with van der Waals surface area (Å²) in [5.41, 5.74) is 2.26. The number of ether oxygens (including phenoxy) is 2. The van der Waals surface area contributed by atoms with Crippen LogP contribution in [0.2, 0.25) is 5.02 Å². The first kappa shape index (κ1) is 25.0. The molecule has 2 aromatic carbocycles. The van der Waals surface area contributed by atoms with Gasteiger partial charge in [-0.05, 0) is 41.8 Å². The summed E-state index contributed by atoms with van der Waals surface area (Å²) in [5, 5.41) is 4.05. The highest BCUT2D eigenvalue weighted by molar-refractivity contribution is 6.30. The quantitative estimate of drug-likeness (QED) is 0.525. The second-order valence-electron chi connectivity index (χ2n) is 9.40. The van der Waals surface area contributed by atoms with Crippen LogP contribution in [-0.4, -0.2) is 47.4 Å². The highest BCUT2D eigenvalue weighted by Crippen LogP contribution is 2.32. The van der Waals surface area contributed by atoms with E-state index in [1.54, 1.807) is 23.1 Å². The Balaban J connectivity index is 1.41. The van der Waals surface area contributed by atoms with Crippen LogP contribution in [0.15, 0.2) is 47.3 Å². The van der Waals surface area contributed by atoms with E-state index in [1.807, 2.05) is 24.3 Å². The molecule has 9 nitrogen and oxygen atoms in total. The fourth-order valence-electron chi connectivity index (χ4n) is 4.70. The molecular weight excluding hydrogens is 496 g/mol. The molecule has 0 bridgehead atoms. The number of rotatable bonds is 6. The van der Waals surface area contributed by atoms with Crippen LogP contribution in [0, 0.1) is 5.92 Å². The van der Waals surface area contributed by atoms with Crippen LogP contribution in [0.3, 0.4) is 0 Å². The Hall–Kier alpha value is -3.72. The summed E-state index contributed by atoms with van der Waals surface area (Å²) in [7, 11) is 1.42. The molecule has 37 heavy (non-hydrogen) atoms. The zero-order valence-electron chi connectivity index (χ0n) is 21.0. The van der Waals surface area contributed by atoms with Crippen molar-refractivity contribution in [3.05, 3.63) is 80.2 Å². The number of anilines is 1. The lowest BCUT2D eigenvalue weighted by Crippen LogP contribution is -2.42. The van der Waals surface area contributed by atoms with Gasteiger partial charge in [0.25, 0.3) is 11.5 Å². The van der Waals surface area contributed by atoms with Crippen molar-refractivity contribution in [1.29, 1.82) is 0 Å². The van der Waals surface area contributed by atoms with Gasteiger partial charge in [-0.15, -0.1) is 4.73 Å². The van der Waals surface area contributed by atoms with Crippen molar-refractivity contribution in [2.75, 3.05) is 32.2 Å². The maximum Gasteiger partial charge on any atom is 0.293 e. The van der Waals surface area contributed by atoms with Crippen LogP contribution in [0.4, 0.5) is 5.95 Å². The van der Waals surface area contributed by atoms with E-state index >= 15 is 0 Å². The van der Waals surface area contributed by atoms with E-state index in [9.17, 15) is 9.59 Å². The lowest BCUT2D eigenvalue weighted by molar-refractivity contribution is 0.0727. The lowest BCUT2D eigenvalue weighted by atomic mass is 9.96. The topological polar surface area (TPSA) is 94.9 Å². The van der Waals surface area contributed by atoms with Crippen LogP contribution in [0.1, 0.15) is 47.1 Å². The zero-order chi connectivity index (χ0) is 26.1. The largest absolute Gasteiger partial charge is 0.486 e. The maximum absolute atomic E-state index is 13.5. The average Bonchev–Trinajstić information content (AvgIpc) is 2.91. The van der Waals surface area contributed by atoms with Crippen molar-refractivity contribution in [2.24, 2.45) is 5.92 Å². The Morgan fingerprint density at radius 3 is 2.54 bits per heavy atom. The summed E-state index contributed by atoms with van der Waals surface area (Å²) >= 11 is 6.07. The van der Waals surface area contributed by atoms with Crippen molar-refractivity contribution < 1.29 is 19.1 Å². The monoisotopic (exact) mass is 524 g/mol. The highest BCUT2D eigenvalue weighted by Gasteiger charge is 2.29. The van der Waals surface area contributed by atoms with Gasteiger partial charge in [-0.25, -0.2) is 4.98 Å². The number of halogens is 1. The molecule has 3 aromatic rings. The summed E-state index contributed by atoms with van der Waals surface area (Å²) in [4.78, 5) is 38.6. The van der Waals surface area contributed by atoms with Crippen LogP contribution in [-0.2, 0) is 13.0 Å². The Morgan fingerprint density at radius 1 is 1.11 bits per heavy atom. The van der Waals surface area contributed by atoms with Gasteiger partial charge in [-0.3, -0.25) is 9.59 Å². The third-order valence-electron chi connectivity index (χ3n) is 6.63. The molecule has 194 valence electrons. The van der Waals surface area contributed by atoms with Crippen LogP contribution >= 0.6 is 11.6 Å². The Labute approximate surface area is 219 Å². The fraction of sp³-hybridized carbons (Fsp3) is 0.370. The van der Waals surface area contributed by atoms with E-state index in [-0.39, 0.29) is 30.0 Å². The Bertz CT molecular complexity index is 1370. The average molecular weight is 525 g/mol. The van der Waals surface area contributed by atoms with Crippen LogP contribution < -0.4 is 25.2 Å². The van der Waals surface area contributed by atoms with Gasteiger partial charge in [-0.2, -0.15) is 0 Å². The molecule has 2 aliphatic heterocycles. The van der Waals surface area contributed by atoms with Gasteiger partial charge in [0.15, 0.2) is 11.5 Å². The smallest absolute Gasteiger partial charge is 0.293 e. The first-order valence-electron chi connectivity index (χ1n) is 12.3. The predicted octanol–water partition coefficient (Wildman–Crippen LogP) is 3.73. The van der Waals surface area contributed by atoms with Gasteiger partial charge in [0.1, 0.15) is 20.3 Å². The third-order valence-corrected chi connectivity index (χ3v) is 6.88. The molecule has 0 saturated heterocycles. The second-order valence-corrected chi connectivity index (χ2v) is 9.83. The van der Waals surface area contributed by atoms with Gasteiger partial charge >= 0.3 is 0 Å². The molecule has 1 N–H and O–H groups in total. The molecule has 5 rings (SSSR count). The molecule has 0 radical (unpaired) electrons. The Morgan fingerprint density at radius 2 is 1.84 bits per heavy atom. The minimum atomic E-state index is -0.340. The molecule has 2 aliphatic rings. The van der Waals surface area contributed by atoms with Gasteiger partial charge in [-0.1, -0.05) is 37.6 Å². The maximum atomic E-state index is 13.5. The number of nitrogens with zero attached hydrogens (tertiary/aromatic N) is 3. The molecule has 10 heteroatoms. The second kappa shape index (κ2) is 10.3. The van der Waals surface area contributed by atoms with Gasteiger partial charge < -0.3 is 24.5 Å². The van der Waals surface area contributed by atoms with Gasteiger partial charge in [0, 0.05) is 23.6 Å². The van der Waals surface area contributed by atoms with E-state index in [0.29, 0.717) is 65.5 Å². The van der Waals surface area contributed by atoms with E-state index < -0.39 is 0 Å². The van der Waals surface area contributed by atoms with Crippen molar-refractivity contribution in [3.63, 3.8) is 0 Å². The molecule has 0 fully saturated rings.